The summed E-state index contributed by atoms with van der Waals surface area (Å²) in [7, 11) is 0. The van der Waals surface area contributed by atoms with Gasteiger partial charge in [0.25, 0.3) is 0 Å². The number of aromatic hydroxyl groups is 1. The molecule has 3 aromatic carbocycles. The van der Waals surface area contributed by atoms with E-state index in [0.29, 0.717) is 34.0 Å². The van der Waals surface area contributed by atoms with Gasteiger partial charge in [0.05, 0.1) is 13.2 Å². The molecule has 31 heteroatoms. The van der Waals surface area contributed by atoms with Gasteiger partial charge in [0.15, 0.2) is 11.9 Å². The lowest BCUT2D eigenvalue weighted by atomic mass is 10.00. The Kier molecular flexibility index (Phi) is 27.2. The number of aliphatic hydroxyl groups excluding tert-OH is 1. The Morgan fingerprint density at radius 2 is 1.12 bits per heavy atom. The Morgan fingerprint density at radius 3 is 1.71 bits per heavy atom. The minimum Gasteiger partial charge on any atom is -0.508 e. The van der Waals surface area contributed by atoms with Gasteiger partial charge in [-0.2, -0.15) is 0 Å². The van der Waals surface area contributed by atoms with Crippen LogP contribution in [0.3, 0.4) is 0 Å². The molecule has 6 rings (SSSR count). The van der Waals surface area contributed by atoms with Crippen LogP contribution in [0, 0.1) is 5.92 Å². The Morgan fingerprint density at radius 1 is 0.602 bits per heavy atom. The summed E-state index contributed by atoms with van der Waals surface area (Å²) in [4.78, 5) is 165. The van der Waals surface area contributed by atoms with Gasteiger partial charge in [0.1, 0.15) is 60.1 Å². The molecule has 0 unspecified atom stereocenters. The Labute approximate surface area is 536 Å². The number of phenolic OH excluding ortho intramolecular Hbond substituents is 1. The van der Waals surface area contributed by atoms with E-state index in [-0.39, 0.29) is 120 Å². The Bertz CT molecular complexity index is 3330. The van der Waals surface area contributed by atoms with Crippen molar-refractivity contribution in [3.63, 3.8) is 0 Å². The van der Waals surface area contributed by atoms with E-state index >= 15 is 0 Å². The average Bonchev–Trinajstić information content (AvgIpc) is 1.83. The second-order valence-electron chi connectivity index (χ2n) is 23.3. The molecule has 22 N–H and O–H groups in total. The van der Waals surface area contributed by atoms with Gasteiger partial charge in [-0.05, 0) is 92.2 Å². The zero-order valence-corrected chi connectivity index (χ0v) is 52.0. The number of aliphatic hydroxyl groups is 1. The predicted molar refractivity (Wildman–Crippen MR) is 342 cm³/mol. The van der Waals surface area contributed by atoms with E-state index in [1.54, 1.807) is 74.6 Å². The van der Waals surface area contributed by atoms with Crippen molar-refractivity contribution in [1.82, 2.24) is 57.7 Å². The average molecular weight is 1290 g/mol. The van der Waals surface area contributed by atoms with Gasteiger partial charge in [-0.15, -0.1) is 0 Å². The van der Waals surface area contributed by atoms with Gasteiger partial charge in [0.2, 0.25) is 65.0 Å². The van der Waals surface area contributed by atoms with Crippen LogP contribution >= 0.6 is 0 Å². The molecule has 93 heavy (non-hydrogen) atoms. The summed E-state index contributed by atoms with van der Waals surface area (Å²) >= 11 is 0. The number of nitrogens with zero attached hydrogens (tertiary/aromatic N) is 3. The molecule has 0 bridgehead atoms. The van der Waals surface area contributed by atoms with Crippen LogP contribution < -0.4 is 76.5 Å². The molecular formula is C62H86N18O13. The molecule has 0 saturated carbocycles. The fraction of sp³-hybridized carbons (Fsp3) is 0.468. The third-order valence-corrected chi connectivity index (χ3v) is 15.5. The molecule has 3 heterocycles. The summed E-state index contributed by atoms with van der Waals surface area (Å²) in [6.07, 6.45) is 2.23. The van der Waals surface area contributed by atoms with E-state index < -0.39 is 127 Å². The number of nitrogens with two attached hydrogens (primary N) is 5. The second kappa shape index (κ2) is 35.3. The summed E-state index contributed by atoms with van der Waals surface area (Å²) in [5.41, 5.74) is 29.9. The van der Waals surface area contributed by atoms with Crippen LogP contribution in [0.1, 0.15) is 88.3 Å². The molecule has 0 spiro atoms. The van der Waals surface area contributed by atoms with Crippen LogP contribution in [0.25, 0.3) is 10.9 Å². The standard InChI is InChI=1S/C62H86N18O13/c1-34(2)27-44(54(87)74-43(16-9-25-69-62(66)67)60(93)80-26-10-17-49(80)59(92)71-32-50(63)83)75-52(85)41(15-8-24-68-61(64)65)73-55(88)46(29-36-18-20-38(82)21-19-36)77-58(91)48(33-81)79-57(90)47(30-37-31-70-40-14-7-6-13-39(37)40)78-56(89)45(28-35-11-4-3-5-12-35)76-53(86)42-22-23-51(84)72-42/h3-7,11-14,18-21,31,34,41-49,70,81-82H,8-10,15-17,22-30,32-33H2,1-2H3,(H2,63,83)(H,71,92)(H,72,84)(H,73,88)(H,74,87)(H,75,85)(H,76,86)(H,77,91)(H,78,89)(H,79,90)(H4,64,65,68)(H4,66,67,69)/t41-,42+,43+,44+,45-,46+,47+,48+,49+/m1/s1. The number of aliphatic imine (C=N–C) groups is 2. The number of aromatic amines is 1. The van der Waals surface area contributed by atoms with Gasteiger partial charge in [-0.25, -0.2) is 0 Å². The number of guanidine groups is 2. The summed E-state index contributed by atoms with van der Waals surface area (Å²) < 4.78 is 0. The zero-order chi connectivity index (χ0) is 67.7. The van der Waals surface area contributed by atoms with Crippen LogP contribution in [-0.2, 0) is 72.0 Å². The highest BCUT2D eigenvalue weighted by Gasteiger charge is 2.40. The molecular weight excluding hydrogens is 1200 g/mol. The molecule has 0 radical (unpaired) electrons. The highest BCUT2D eigenvalue weighted by molar-refractivity contribution is 6.00. The smallest absolute Gasteiger partial charge is 0.245 e. The molecule has 1 aromatic heterocycles. The molecule has 2 aliphatic rings. The van der Waals surface area contributed by atoms with Crippen LogP contribution in [0.5, 0.6) is 5.75 Å². The number of carbonyl (C=O) groups is 11. The maximum atomic E-state index is 14.8. The van der Waals surface area contributed by atoms with Crippen molar-refractivity contribution in [2.45, 2.75) is 145 Å². The summed E-state index contributed by atoms with van der Waals surface area (Å²) in [5.74, 6) is -9.35. The van der Waals surface area contributed by atoms with Gasteiger partial charge < -0.3 is 96.6 Å². The monoisotopic (exact) mass is 1290 g/mol. The quantitative estimate of drug-likeness (QED) is 0.0120. The van der Waals surface area contributed by atoms with E-state index in [0.717, 1.165) is 0 Å². The normalized spacial score (nSPS) is 16.6. The van der Waals surface area contributed by atoms with E-state index in [9.17, 15) is 63.0 Å². The molecule has 4 aromatic rings. The van der Waals surface area contributed by atoms with Crippen LogP contribution in [0.4, 0.5) is 0 Å². The molecule has 2 fully saturated rings. The molecule has 2 aliphatic heterocycles. The number of hydrogen-bond donors (Lipinski definition) is 17. The summed E-state index contributed by atoms with van der Waals surface area (Å²) in [5, 5.41) is 45.5. The minimum absolute atomic E-state index is 0.00920. The van der Waals surface area contributed by atoms with Gasteiger partial charge in [-0.3, -0.25) is 62.7 Å². The van der Waals surface area contributed by atoms with E-state index in [1.165, 1.54) is 29.2 Å². The Hall–Kier alpha value is -10.3. The SMILES string of the molecule is CC(C)C[C@H](NC(=O)[C@@H](CCCN=C(N)N)NC(=O)[C@H](Cc1ccc(O)cc1)NC(=O)[C@H](CO)NC(=O)[C@H](Cc1c[nH]c2ccccc12)NC(=O)[C@@H](Cc1ccccc1)NC(=O)[C@@H]1CCC(=O)N1)C(=O)N[C@@H](CCCN=C(N)N)C(=O)N1CCC[C@H]1C(=O)NCC(N)=O. The largest absolute Gasteiger partial charge is 0.508 e. The lowest BCUT2D eigenvalue weighted by Crippen LogP contribution is -2.61. The number of H-pyrrole nitrogens is 1. The predicted octanol–water partition coefficient (Wildman–Crippen LogP) is -3.69. The highest BCUT2D eigenvalue weighted by Crippen LogP contribution is 2.22. The van der Waals surface area contributed by atoms with E-state index in [4.69, 9.17) is 28.7 Å². The van der Waals surface area contributed by atoms with Crippen molar-refractivity contribution < 1.29 is 63.0 Å². The van der Waals surface area contributed by atoms with Gasteiger partial charge in [-0.1, -0.05) is 74.5 Å². The van der Waals surface area contributed by atoms with Crippen LogP contribution in [0.2, 0.25) is 0 Å². The minimum atomic E-state index is -1.80. The first-order valence-electron chi connectivity index (χ1n) is 30.8. The number of para-hydroxylation sites is 1. The van der Waals surface area contributed by atoms with Crippen LogP contribution in [-0.4, -0.2) is 184 Å². The summed E-state index contributed by atoms with van der Waals surface area (Å²) in [6.45, 7) is 2.24. The van der Waals surface area contributed by atoms with Crippen molar-refractivity contribution in [2.24, 2.45) is 44.6 Å². The fourth-order valence-electron chi connectivity index (χ4n) is 10.8. The number of aromatic nitrogens is 1. The maximum absolute atomic E-state index is 14.8. The van der Waals surface area contributed by atoms with E-state index in [2.05, 4.69) is 62.8 Å². The second-order valence-corrected chi connectivity index (χ2v) is 23.3. The molecule has 502 valence electrons. The molecule has 31 nitrogen and oxygen atoms in total. The van der Waals surface area contributed by atoms with Gasteiger partial charge >= 0.3 is 0 Å². The summed E-state index contributed by atoms with van der Waals surface area (Å²) in [6, 6.07) is 9.37. The van der Waals surface area contributed by atoms with Crippen molar-refractivity contribution in [2.75, 3.05) is 32.8 Å². The first kappa shape index (κ1) is 71.7. The van der Waals surface area contributed by atoms with Crippen molar-refractivity contribution in [3.8, 4) is 5.75 Å². The molecule has 9 atom stereocenters. The fourth-order valence-corrected chi connectivity index (χ4v) is 10.8. The number of hydrogen-bond acceptors (Lipinski definition) is 15. The highest BCUT2D eigenvalue weighted by atomic mass is 16.3. The third kappa shape index (κ3) is 22.5. The van der Waals surface area contributed by atoms with Crippen molar-refractivity contribution >= 4 is 87.8 Å². The lowest BCUT2D eigenvalue weighted by molar-refractivity contribution is -0.142. The van der Waals surface area contributed by atoms with Gasteiger partial charge in [0, 0.05) is 62.4 Å². The number of rotatable bonds is 35. The van der Waals surface area contributed by atoms with E-state index in [1.807, 2.05) is 0 Å². The molecule has 11 amide bonds. The number of phenols is 1. The first-order chi connectivity index (χ1) is 44.4. The number of fused-ring (bicyclic) bond motifs is 1. The Balaban J connectivity index is 1.25. The number of benzene rings is 3. The number of nitrogens with one attached hydrogen (secondary N) is 10. The number of carbonyl (C=O) groups excluding carboxylic acids is 11. The third-order valence-electron chi connectivity index (χ3n) is 15.5. The first-order valence-corrected chi connectivity index (χ1v) is 30.8. The lowest BCUT2D eigenvalue weighted by Gasteiger charge is -2.30. The molecule has 0 aliphatic carbocycles. The van der Waals surface area contributed by atoms with Crippen molar-refractivity contribution in [3.05, 3.63) is 102 Å². The number of primary amides is 1. The number of amides is 11. The number of likely N-dealkylation sites (tertiary alicyclic amines) is 1. The topological polar surface area (TPSA) is 510 Å². The van der Waals surface area contributed by atoms with Crippen molar-refractivity contribution in [1.29, 1.82) is 0 Å². The maximum Gasteiger partial charge on any atom is 0.245 e. The molecule has 2 saturated heterocycles. The zero-order valence-electron chi connectivity index (χ0n) is 52.0. The van der Waals surface area contributed by atoms with Crippen LogP contribution in [0.15, 0.2) is 95.0 Å².